The monoisotopic (exact) mass is 442 g/mol. The van der Waals surface area contributed by atoms with Gasteiger partial charge in [0.15, 0.2) is 0 Å². The fourth-order valence-electron chi connectivity index (χ4n) is 2.94. The summed E-state index contributed by atoms with van der Waals surface area (Å²) in [6, 6.07) is 30.4. The van der Waals surface area contributed by atoms with E-state index in [4.69, 9.17) is 4.52 Å². The topological polar surface area (TPSA) is 26.3 Å². The summed E-state index contributed by atoms with van der Waals surface area (Å²) in [6.45, 7) is 1.84. The Morgan fingerprint density at radius 2 is 1.04 bits per heavy atom. The van der Waals surface area contributed by atoms with E-state index in [2.05, 4.69) is 36.4 Å². The molecule has 0 radical (unpaired) electrons. The summed E-state index contributed by atoms with van der Waals surface area (Å²) in [5.41, 5.74) is 0. The predicted octanol–water partition coefficient (Wildman–Crippen LogP) is 3.58. The first-order chi connectivity index (χ1) is 11.8. The van der Waals surface area contributed by atoms with Crippen molar-refractivity contribution in [1.29, 1.82) is 0 Å². The molecule has 0 aromatic heterocycles. The van der Waals surface area contributed by atoms with E-state index in [9.17, 15) is 4.79 Å². The molecule has 3 aromatic carbocycles. The summed E-state index contributed by atoms with van der Waals surface area (Å²) in [4.78, 5) is 12.4. The van der Waals surface area contributed by atoms with Crippen molar-refractivity contribution in [3.63, 3.8) is 0 Å². The van der Waals surface area contributed by atoms with Crippen molar-refractivity contribution in [3.05, 3.63) is 91.0 Å². The van der Waals surface area contributed by atoms with Gasteiger partial charge >= 0.3 is 143 Å². The van der Waals surface area contributed by atoms with Crippen LogP contribution in [0.3, 0.4) is 0 Å². The quantitative estimate of drug-likeness (QED) is 0.446. The number of carbonyl (C=O) groups excluding carboxylic acids is 1. The second kappa shape index (κ2) is 9.07. The van der Waals surface area contributed by atoms with E-state index in [1.807, 2.05) is 61.5 Å². The first-order valence-electron chi connectivity index (χ1n) is 8.16. The largest absolute Gasteiger partial charge is 0 e. The van der Waals surface area contributed by atoms with Crippen LogP contribution in [0, 0.1) is 0 Å². The van der Waals surface area contributed by atoms with Gasteiger partial charge in [-0.15, -0.1) is 0 Å². The molecular weight excluding hydrogens is 422 g/mol. The van der Waals surface area contributed by atoms with Crippen molar-refractivity contribution in [1.82, 2.24) is 0 Å². The van der Waals surface area contributed by atoms with Gasteiger partial charge in [-0.25, -0.2) is 0 Å². The van der Waals surface area contributed by atoms with Crippen molar-refractivity contribution < 1.29 is 29.7 Å². The van der Waals surface area contributed by atoms with Gasteiger partial charge in [0, 0.05) is 20.4 Å². The van der Waals surface area contributed by atoms with Crippen LogP contribution in [0.25, 0.3) is 0 Å². The van der Waals surface area contributed by atoms with Crippen LogP contribution >= 0.6 is 7.49 Å². The molecule has 132 valence electrons. The molecule has 0 aliphatic carbocycles. The first-order valence-corrected chi connectivity index (χ1v) is 10.1. The molecule has 4 heteroatoms. The minimum absolute atomic E-state index is 0. The van der Waals surface area contributed by atoms with Crippen LogP contribution in [0.2, 0.25) is 0 Å². The van der Waals surface area contributed by atoms with Crippen LogP contribution in [-0.2, 0) is 29.7 Å². The molecule has 0 spiro atoms. The van der Waals surface area contributed by atoms with Gasteiger partial charge in [0.25, 0.3) is 0 Å². The van der Waals surface area contributed by atoms with E-state index in [1.54, 1.807) is 0 Å². The summed E-state index contributed by atoms with van der Waals surface area (Å²) < 4.78 is 6.25. The minimum atomic E-state index is -2.86. The van der Waals surface area contributed by atoms with Crippen LogP contribution in [0.4, 0.5) is 0 Å². The molecule has 0 atom stereocenters. The molecule has 0 amide bonds. The third-order valence-corrected chi connectivity index (χ3v) is 8.07. The number of hydrogen-bond donors (Lipinski definition) is 0. The molecule has 0 aliphatic rings. The number of carbonyl (C=O) groups is 1. The van der Waals surface area contributed by atoms with Crippen LogP contribution in [0.15, 0.2) is 91.0 Å². The van der Waals surface area contributed by atoms with Gasteiger partial charge in [-0.05, 0) is 0 Å². The summed E-state index contributed by atoms with van der Waals surface area (Å²) in [6.07, 6.45) is 0.362. The van der Waals surface area contributed by atoms with Gasteiger partial charge in [-0.3, -0.25) is 0 Å². The molecule has 0 N–H and O–H groups in total. The van der Waals surface area contributed by atoms with Gasteiger partial charge in [-0.1, -0.05) is 0 Å². The van der Waals surface area contributed by atoms with E-state index in [0.29, 0.717) is 6.42 Å². The van der Waals surface area contributed by atoms with Crippen molar-refractivity contribution in [3.8, 4) is 0 Å². The minimum Gasteiger partial charge on any atom is 0 e. The smallest absolute Gasteiger partial charge is 0 e. The van der Waals surface area contributed by atoms with Crippen molar-refractivity contribution in [2.45, 2.75) is 13.3 Å². The second-order valence-electron chi connectivity index (χ2n) is 5.61. The Morgan fingerprint density at radius 3 is 1.32 bits per heavy atom. The van der Waals surface area contributed by atoms with Crippen LogP contribution < -0.4 is 15.9 Å². The predicted molar refractivity (Wildman–Crippen MR) is 103 cm³/mol. The fourth-order valence-corrected chi connectivity index (χ4v) is 6.76. The zero-order valence-corrected chi connectivity index (χ0v) is 16.6. The average Bonchev–Trinajstić information content (AvgIpc) is 2.68. The van der Waals surface area contributed by atoms with E-state index in [1.165, 1.54) is 0 Å². The molecule has 0 fully saturated rings. The maximum absolute atomic E-state index is 12.4. The van der Waals surface area contributed by atoms with Crippen molar-refractivity contribution in [2.75, 3.05) is 0 Å². The molecule has 0 unspecified atom stereocenters. The molecule has 0 saturated carbocycles. The van der Waals surface area contributed by atoms with Gasteiger partial charge in [0.1, 0.15) is 0 Å². The number of benzene rings is 3. The van der Waals surface area contributed by atoms with E-state index < -0.39 is 7.49 Å². The SMILES string of the molecule is CCC(=O)O[PH](c1ccccc1)(c1ccccc1)c1ccccc1.[Pd]. The van der Waals surface area contributed by atoms with Crippen molar-refractivity contribution >= 4 is 29.4 Å². The van der Waals surface area contributed by atoms with Gasteiger partial charge in [0.2, 0.25) is 0 Å². The zero-order chi connectivity index (χ0) is 16.8. The first kappa shape index (κ1) is 19.5. The third-order valence-electron chi connectivity index (χ3n) is 4.10. The molecular formula is C21H21O2PPd. The van der Waals surface area contributed by atoms with Gasteiger partial charge < -0.3 is 0 Å². The van der Waals surface area contributed by atoms with Crippen molar-refractivity contribution in [2.24, 2.45) is 0 Å². The molecule has 0 saturated heterocycles. The van der Waals surface area contributed by atoms with Gasteiger partial charge in [0.05, 0.1) is 0 Å². The zero-order valence-electron chi connectivity index (χ0n) is 14.0. The number of rotatable bonds is 5. The Morgan fingerprint density at radius 1 is 0.720 bits per heavy atom. The van der Waals surface area contributed by atoms with Gasteiger partial charge in [-0.2, -0.15) is 0 Å². The molecule has 3 aromatic rings. The Kier molecular flexibility index (Phi) is 7.09. The molecule has 0 aliphatic heterocycles. The van der Waals surface area contributed by atoms with E-state index in [0.717, 1.165) is 15.9 Å². The average molecular weight is 443 g/mol. The summed E-state index contributed by atoms with van der Waals surface area (Å²) in [5.74, 6) is -0.168. The second-order valence-corrected chi connectivity index (χ2v) is 8.91. The third kappa shape index (κ3) is 4.08. The fraction of sp³-hybridized carbons (Fsp3) is 0.0952. The van der Waals surface area contributed by atoms with Crippen LogP contribution in [0.1, 0.15) is 13.3 Å². The molecule has 25 heavy (non-hydrogen) atoms. The molecule has 3 rings (SSSR count). The standard InChI is InChI=1S/C21H21O2P.Pd/c1-2-21(22)23-24(18-12-6-3-7-13-18,19-14-8-4-9-15-19)20-16-10-5-11-17-20;/h3-17,24H,2H2,1H3;. The summed E-state index contributed by atoms with van der Waals surface area (Å²) >= 11 is 0. The molecule has 0 bridgehead atoms. The molecule has 0 heterocycles. The van der Waals surface area contributed by atoms with Crippen LogP contribution in [0.5, 0.6) is 0 Å². The Balaban J connectivity index is 0.00000225. The Bertz CT molecular complexity index is 695. The Labute approximate surface area is 163 Å². The maximum atomic E-state index is 12.4. The normalized spacial score (nSPS) is 11.2. The maximum Gasteiger partial charge on any atom is 0 e. The van der Waals surface area contributed by atoms with Crippen LogP contribution in [-0.4, -0.2) is 5.97 Å². The van der Waals surface area contributed by atoms with E-state index in [-0.39, 0.29) is 26.4 Å². The number of hydrogen-bond acceptors (Lipinski definition) is 2. The summed E-state index contributed by atoms with van der Waals surface area (Å²) in [7, 11) is -2.86. The molecule has 2 nitrogen and oxygen atoms in total. The van der Waals surface area contributed by atoms with E-state index >= 15 is 0 Å². The summed E-state index contributed by atoms with van der Waals surface area (Å²) in [5, 5.41) is 3.22. The Hall–Kier alpha value is -1.78.